The SMILES string of the molecule is O=C(O)C1CCCC1CNC1CCCCc2ccccc21. The standard InChI is InChI=1S/C18H25NO2/c20-18(21)16-10-5-8-14(16)12-19-17-11-4-2-7-13-6-1-3-9-15(13)17/h1,3,6,9,14,16-17,19H,2,4-5,7-8,10-12H2,(H,20,21). The number of aliphatic carboxylic acids is 1. The summed E-state index contributed by atoms with van der Waals surface area (Å²) in [7, 11) is 0. The maximum absolute atomic E-state index is 11.3. The van der Waals surface area contributed by atoms with E-state index in [0.29, 0.717) is 12.0 Å². The molecule has 0 saturated heterocycles. The summed E-state index contributed by atoms with van der Waals surface area (Å²) in [4.78, 5) is 11.3. The molecule has 1 aromatic rings. The summed E-state index contributed by atoms with van der Waals surface area (Å²) in [6.45, 7) is 0.843. The van der Waals surface area contributed by atoms with Crippen LogP contribution in [0.1, 0.15) is 55.7 Å². The molecule has 0 amide bonds. The normalized spacial score (nSPS) is 28.9. The van der Waals surface area contributed by atoms with E-state index in [1.165, 1.54) is 36.8 Å². The van der Waals surface area contributed by atoms with E-state index in [2.05, 4.69) is 29.6 Å². The first-order valence-electron chi connectivity index (χ1n) is 8.29. The quantitative estimate of drug-likeness (QED) is 0.833. The first-order chi connectivity index (χ1) is 10.3. The van der Waals surface area contributed by atoms with Crippen molar-refractivity contribution in [1.82, 2.24) is 5.32 Å². The molecule has 2 N–H and O–H groups in total. The molecule has 0 bridgehead atoms. The van der Waals surface area contributed by atoms with E-state index in [-0.39, 0.29) is 5.92 Å². The van der Waals surface area contributed by atoms with E-state index < -0.39 is 5.97 Å². The van der Waals surface area contributed by atoms with Crippen molar-refractivity contribution in [2.45, 2.75) is 51.0 Å². The van der Waals surface area contributed by atoms with Gasteiger partial charge in [0.05, 0.1) is 5.92 Å². The lowest BCUT2D eigenvalue weighted by Crippen LogP contribution is -2.31. The van der Waals surface area contributed by atoms with E-state index in [4.69, 9.17) is 0 Å². The Balaban J connectivity index is 1.66. The van der Waals surface area contributed by atoms with Crippen molar-refractivity contribution in [3.8, 4) is 0 Å². The highest BCUT2D eigenvalue weighted by Gasteiger charge is 2.33. The molecule has 0 heterocycles. The van der Waals surface area contributed by atoms with Gasteiger partial charge in [0.2, 0.25) is 0 Å². The van der Waals surface area contributed by atoms with Gasteiger partial charge in [0.15, 0.2) is 0 Å². The highest BCUT2D eigenvalue weighted by atomic mass is 16.4. The van der Waals surface area contributed by atoms with Crippen LogP contribution in [0.5, 0.6) is 0 Å². The molecule has 0 radical (unpaired) electrons. The number of rotatable bonds is 4. The van der Waals surface area contributed by atoms with E-state index in [0.717, 1.165) is 25.8 Å². The zero-order chi connectivity index (χ0) is 14.7. The molecule has 3 unspecified atom stereocenters. The van der Waals surface area contributed by atoms with Crippen molar-refractivity contribution >= 4 is 5.97 Å². The Hall–Kier alpha value is -1.35. The van der Waals surface area contributed by atoms with Crippen LogP contribution in [0.15, 0.2) is 24.3 Å². The van der Waals surface area contributed by atoms with Gasteiger partial charge in [-0.3, -0.25) is 4.79 Å². The molecular weight excluding hydrogens is 262 g/mol. The molecule has 3 nitrogen and oxygen atoms in total. The van der Waals surface area contributed by atoms with Crippen molar-refractivity contribution < 1.29 is 9.90 Å². The molecule has 2 aliphatic carbocycles. The Morgan fingerprint density at radius 3 is 2.86 bits per heavy atom. The summed E-state index contributed by atoms with van der Waals surface area (Å²) in [6.07, 6.45) is 7.82. The molecule has 3 rings (SSSR count). The van der Waals surface area contributed by atoms with Gasteiger partial charge in [0, 0.05) is 6.04 Å². The molecule has 21 heavy (non-hydrogen) atoms. The zero-order valence-corrected chi connectivity index (χ0v) is 12.6. The predicted molar refractivity (Wildman–Crippen MR) is 83.2 cm³/mol. The number of fused-ring (bicyclic) bond motifs is 1. The van der Waals surface area contributed by atoms with Gasteiger partial charge in [-0.05, 0) is 55.7 Å². The average molecular weight is 287 g/mol. The third-order valence-electron chi connectivity index (χ3n) is 5.22. The summed E-state index contributed by atoms with van der Waals surface area (Å²) in [5.41, 5.74) is 2.90. The molecular formula is C18H25NO2. The zero-order valence-electron chi connectivity index (χ0n) is 12.6. The molecule has 0 aromatic heterocycles. The van der Waals surface area contributed by atoms with E-state index in [1.807, 2.05) is 0 Å². The van der Waals surface area contributed by atoms with Crippen molar-refractivity contribution in [1.29, 1.82) is 0 Å². The average Bonchev–Trinajstić information content (AvgIpc) is 2.86. The van der Waals surface area contributed by atoms with Crippen LogP contribution in [0.4, 0.5) is 0 Å². The molecule has 1 saturated carbocycles. The Morgan fingerprint density at radius 1 is 1.14 bits per heavy atom. The number of carboxylic acids is 1. The minimum absolute atomic E-state index is 0.140. The molecule has 3 atom stereocenters. The van der Waals surface area contributed by atoms with Gasteiger partial charge in [0.25, 0.3) is 0 Å². The smallest absolute Gasteiger partial charge is 0.306 e. The van der Waals surface area contributed by atoms with Gasteiger partial charge in [0.1, 0.15) is 0 Å². The molecule has 1 fully saturated rings. The molecule has 1 aromatic carbocycles. The van der Waals surface area contributed by atoms with Crippen LogP contribution in [-0.2, 0) is 11.2 Å². The molecule has 2 aliphatic rings. The lowest BCUT2D eigenvalue weighted by molar-refractivity contribution is -0.142. The second kappa shape index (κ2) is 6.61. The highest BCUT2D eigenvalue weighted by Crippen LogP contribution is 2.33. The number of hydrogen-bond donors (Lipinski definition) is 2. The van der Waals surface area contributed by atoms with Crippen molar-refractivity contribution in [3.63, 3.8) is 0 Å². The highest BCUT2D eigenvalue weighted by molar-refractivity contribution is 5.70. The maximum atomic E-state index is 11.3. The number of carbonyl (C=O) groups is 1. The number of hydrogen-bond acceptors (Lipinski definition) is 2. The molecule has 3 heteroatoms. The van der Waals surface area contributed by atoms with E-state index in [9.17, 15) is 9.90 Å². The van der Waals surface area contributed by atoms with Gasteiger partial charge in [-0.15, -0.1) is 0 Å². The summed E-state index contributed by atoms with van der Waals surface area (Å²) >= 11 is 0. The summed E-state index contributed by atoms with van der Waals surface area (Å²) in [5, 5.41) is 13.0. The fourth-order valence-electron chi connectivity index (χ4n) is 4.03. The van der Waals surface area contributed by atoms with Crippen molar-refractivity contribution in [2.24, 2.45) is 11.8 Å². The third-order valence-corrected chi connectivity index (χ3v) is 5.22. The van der Waals surface area contributed by atoms with Crippen LogP contribution in [0.3, 0.4) is 0 Å². The van der Waals surface area contributed by atoms with Crippen LogP contribution in [0, 0.1) is 11.8 Å². The van der Waals surface area contributed by atoms with Crippen LogP contribution in [-0.4, -0.2) is 17.6 Å². The first kappa shape index (κ1) is 14.6. The Labute approximate surface area is 126 Å². The van der Waals surface area contributed by atoms with Crippen LogP contribution in [0.25, 0.3) is 0 Å². The van der Waals surface area contributed by atoms with Gasteiger partial charge in [-0.25, -0.2) is 0 Å². The van der Waals surface area contributed by atoms with Gasteiger partial charge < -0.3 is 10.4 Å². The topological polar surface area (TPSA) is 49.3 Å². The maximum Gasteiger partial charge on any atom is 0.306 e. The summed E-state index contributed by atoms with van der Waals surface area (Å²) in [5.74, 6) is -0.447. The minimum atomic E-state index is -0.611. The van der Waals surface area contributed by atoms with Crippen LogP contribution >= 0.6 is 0 Å². The Morgan fingerprint density at radius 2 is 2.00 bits per heavy atom. The number of carboxylic acid groups (broad SMARTS) is 1. The van der Waals surface area contributed by atoms with Crippen molar-refractivity contribution in [2.75, 3.05) is 6.54 Å². The van der Waals surface area contributed by atoms with E-state index >= 15 is 0 Å². The van der Waals surface area contributed by atoms with Crippen molar-refractivity contribution in [3.05, 3.63) is 35.4 Å². The predicted octanol–water partition coefficient (Wildman–Crippen LogP) is 3.54. The summed E-state index contributed by atoms with van der Waals surface area (Å²) in [6, 6.07) is 9.12. The van der Waals surface area contributed by atoms with Gasteiger partial charge in [-0.2, -0.15) is 0 Å². The van der Waals surface area contributed by atoms with Gasteiger partial charge >= 0.3 is 5.97 Å². The number of nitrogens with one attached hydrogen (secondary N) is 1. The lowest BCUT2D eigenvalue weighted by Gasteiger charge is -2.23. The lowest BCUT2D eigenvalue weighted by atomic mass is 9.94. The summed E-state index contributed by atoms with van der Waals surface area (Å²) < 4.78 is 0. The van der Waals surface area contributed by atoms with Crippen LogP contribution in [0.2, 0.25) is 0 Å². The monoisotopic (exact) mass is 287 g/mol. The fraction of sp³-hybridized carbons (Fsp3) is 0.611. The van der Waals surface area contributed by atoms with Gasteiger partial charge in [-0.1, -0.05) is 37.1 Å². The first-order valence-corrected chi connectivity index (χ1v) is 8.29. The van der Waals surface area contributed by atoms with E-state index in [1.54, 1.807) is 0 Å². The van der Waals surface area contributed by atoms with Crippen LogP contribution < -0.4 is 5.32 Å². The molecule has 0 spiro atoms. The third kappa shape index (κ3) is 3.29. The Bertz CT molecular complexity index is 500. The number of aryl methyl sites for hydroxylation is 1. The number of benzene rings is 1. The second-order valence-electron chi connectivity index (χ2n) is 6.54. The molecule has 114 valence electrons. The minimum Gasteiger partial charge on any atom is -0.481 e. The molecule has 0 aliphatic heterocycles. The Kier molecular flexibility index (Phi) is 4.59. The second-order valence-corrected chi connectivity index (χ2v) is 6.54. The largest absolute Gasteiger partial charge is 0.481 e. The fourth-order valence-corrected chi connectivity index (χ4v) is 4.03.